The Kier molecular flexibility index (Phi) is 5.05. The van der Waals surface area contributed by atoms with Crippen molar-refractivity contribution in [1.29, 1.82) is 0 Å². The lowest BCUT2D eigenvalue weighted by molar-refractivity contribution is -0.153. The summed E-state index contributed by atoms with van der Waals surface area (Å²) in [6.07, 6.45) is 0.533. The van der Waals surface area contributed by atoms with Crippen molar-refractivity contribution < 1.29 is 23.9 Å². The van der Waals surface area contributed by atoms with Crippen LogP contribution in [0.1, 0.15) is 33.6 Å². The van der Waals surface area contributed by atoms with Crippen LogP contribution < -0.4 is 0 Å². The number of carbonyl (C=O) groups excluding carboxylic acids is 3. The summed E-state index contributed by atoms with van der Waals surface area (Å²) in [6, 6.07) is 0. The van der Waals surface area contributed by atoms with E-state index in [1.807, 2.05) is 20.8 Å². The summed E-state index contributed by atoms with van der Waals surface area (Å²) < 4.78 is 9.89. The smallest absolute Gasteiger partial charge is 0.410 e. The van der Waals surface area contributed by atoms with Gasteiger partial charge in [0.25, 0.3) is 0 Å². The number of nitrogens with zero attached hydrogens (tertiary/aromatic N) is 2. The highest BCUT2D eigenvalue weighted by atomic mass is 16.6. The second-order valence-corrected chi connectivity index (χ2v) is 6.79. The molecule has 124 valence electrons. The van der Waals surface area contributed by atoms with Crippen LogP contribution in [0.5, 0.6) is 0 Å². The Morgan fingerprint density at radius 2 is 1.86 bits per heavy atom. The van der Waals surface area contributed by atoms with Crippen LogP contribution in [0.15, 0.2) is 0 Å². The van der Waals surface area contributed by atoms with Gasteiger partial charge in [0.05, 0.1) is 12.3 Å². The maximum Gasteiger partial charge on any atom is 0.410 e. The molecule has 2 saturated heterocycles. The third-order valence-electron chi connectivity index (χ3n) is 3.78. The van der Waals surface area contributed by atoms with Crippen molar-refractivity contribution in [3.05, 3.63) is 0 Å². The normalized spacial score (nSPS) is 23.6. The van der Waals surface area contributed by atoms with Gasteiger partial charge in [-0.15, -0.1) is 0 Å². The van der Waals surface area contributed by atoms with Crippen LogP contribution in [-0.4, -0.2) is 66.2 Å². The Labute approximate surface area is 130 Å². The lowest BCUT2D eigenvalue weighted by Gasteiger charge is -2.35. The van der Waals surface area contributed by atoms with E-state index in [0.717, 1.165) is 19.6 Å². The molecule has 2 aliphatic rings. The van der Waals surface area contributed by atoms with Gasteiger partial charge in [0.1, 0.15) is 5.60 Å². The molecule has 0 spiro atoms. The SMILES string of the molecule is CC(C)(C)OC(=O)N1CCN(CCC2CC(=O)OC2=O)CC1. The number of rotatable bonds is 3. The third-order valence-corrected chi connectivity index (χ3v) is 3.78. The quantitative estimate of drug-likeness (QED) is 0.572. The molecule has 0 aromatic carbocycles. The zero-order chi connectivity index (χ0) is 16.3. The molecule has 2 fully saturated rings. The lowest BCUT2D eigenvalue weighted by Crippen LogP contribution is -2.50. The van der Waals surface area contributed by atoms with Crippen LogP contribution in [0.2, 0.25) is 0 Å². The molecule has 0 aromatic heterocycles. The molecule has 1 unspecified atom stereocenters. The van der Waals surface area contributed by atoms with Crippen molar-refractivity contribution in [2.75, 3.05) is 32.7 Å². The summed E-state index contributed by atoms with van der Waals surface area (Å²) in [5.41, 5.74) is -0.483. The fourth-order valence-corrected chi connectivity index (χ4v) is 2.56. The molecule has 1 atom stereocenters. The second kappa shape index (κ2) is 6.64. The molecule has 22 heavy (non-hydrogen) atoms. The first-order valence-corrected chi connectivity index (χ1v) is 7.69. The van der Waals surface area contributed by atoms with Gasteiger partial charge in [0.15, 0.2) is 0 Å². The number of cyclic esters (lactones) is 2. The maximum absolute atomic E-state index is 12.0. The van der Waals surface area contributed by atoms with Crippen molar-refractivity contribution in [3.63, 3.8) is 0 Å². The van der Waals surface area contributed by atoms with Gasteiger partial charge in [-0.25, -0.2) is 4.79 Å². The van der Waals surface area contributed by atoms with Gasteiger partial charge < -0.3 is 14.4 Å². The Morgan fingerprint density at radius 3 is 2.36 bits per heavy atom. The van der Waals surface area contributed by atoms with Gasteiger partial charge >= 0.3 is 18.0 Å². The minimum Gasteiger partial charge on any atom is -0.444 e. The Hall–Kier alpha value is -1.63. The van der Waals surface area contributed by atoms with E-state index in [0.29, 0.717) is 19.5 Å². The molecule has 0 radical (unpaired) electrons. The zero-order valence-corrected chi connectivity index (χ0v) is 13.5. The summed E-state index contributed by atoms with van der Waals surface area (Å²) in [5, 5.41) is 0. The van der Waals surface area contributed by atoms with E-state index < -0.39 is 17.5 Å². The summed E-state index contributed by atoms with van der Waals surface area (Å²) in [4.78, 5) is 38.3. The van der Waals surface area contributed by atoms with E-state index in [1.54, 1.807) is 4.90 Å². The summed E-state index contributed by atoms with van der Waals surface area (Å²) in [5.74, 6) is -1.14. The van der Waals surface area contributed by atoms with E-state index in [9.17, 15) is 14.4 Å². The van der Waals surface area contributed by atoms with Crippen LogP contribution >= 0.6 is 0 Å². The highest BCUT2D eigenvalue weighted by Crippen LogP contribution is 2.20. The monoisotopic (exact) mass is 312 g/mol. The van der Waals surface area contributed by atoms with Crippen LogP contribution in [0.25, 0.3) is 0 Å². The molecule has 0 aromatic rings. The fraction of sp³-hybridized carbons (Fsp3) is 0.800. The van der Waals surface area contributed by atoms with E-state index in [1.165, 1.54) is 0 Å². The molecule has 0 aliphatic carbocycles. The first kappa shape index (κ1) is 16.7. The number of hydrogen-bond donors (Lipinski definition) is 0. The number of carbonyl (C=O) groups is 3. The first-order chi connectivity index (χ1) is 10.2. The molecule has 2 rings (SSSR count). The summed E-state index contributed by atoms with van der Waals surface area (Å²) >= 11 is 0. The van der Waals surface area contributed by atoms with Gasteiger partial charge in [0.2, 0.25) is 0 Å². The van der Waals surface area contributed by atoms with Crippen molar-refractivity contribution in [2.45, 2.75) is 39.2 Å². The standard InChI is InChI=1S/C15H24N2O5/c1-15(2,3)22-14(20)17-8-6-16(7-9-17)5-4-11-10-12(18)21-13(11)19/h11H,4-10H2,1-3H3. The van der Waals surface area contributed by atoms with Crippen molar-refractivity contribution in [1.82, 2.24) is 9.80 Å². The summed E-state index contributed by atoms with van der Waals surface area (Å²) in [6.45, 7) is 9.00. The van der Waals surface area contributed by atoms with E-state index in [2.05, 4.69) is 9.64 Å². The predicted molar refractivity (Wildman–Crippen MR) is 78.1 cm³/mol. The van der Waals surface area contributed by atoms with Crippen LogP contribution in [0.3, 0.4) is 0 Å². The maximum atomic E-state index is 12.0. The Balaban J connectivity index is 1.70. The number of piperazine rings is 1. The van der Waals surface area contributed by atoms with Crippen LogP contribution in [0.4, 0.5) is 4.79 Å². The Morgan fingerprint density at radius 1 is 1.23 bits per heavy atom. The predicted octanol–water partition coefficient (Wildman–Crippen LogP) is 1.02. The number of esters is 2. The van der Waals surface area contributed by atoms with Crippen molar-refractivity contribution in [3.8, 4) is 0 Å². The molecule has 7 heteroatoms. The van der Waals surface area contributed by atoms with E-state index in [-0.39, 0.29) is 18.4 Å². The van der Waals surface area contributed by atoms with Gasteiger partial charge in [-0.05, 0) is 33.7 Å². The average molecular weight is 312 g/mol. The lowest BCUT2D eigenvalue weighted by atomic mass is 10.0. The molecular weight excluding hydrogens is 288 g/mol. The van der Waals surface area contributed by atoms with Gasteiger partial charge in [-0.2, -0.15) is 0 Å². The topological polar surface area (TPSA) is 76.2 Å². The number of ether oxygens (including phenoxy) is 2. The number of hydrogen-bond acceptors (Lipinski definition) is 6. The van der Waals surface area contributed by atoms with Crippen LogP contribution in [-0.2, 0) is 19.1 Å². The molecule has 2 aliphatic heterocycles. The Bertz CT molecular complexity index is 449. The molecule has 2 heterocycles. The highest BCUT2D eigenvalue weighted by molar-refractivity contribution is 5.94. The molecule has 1 amide bonds. The van der Waals surface area contributed by atoms with E-state index in [4.69, 9.17) is 4.74 Å². The second-order valence-electron chi connectivity index (χ2n) is 6.79. The average Bonchev–Trinajstić information content (AvgIpc) is 2.73. The largest absolute Gasteiger partial charge is 0.444 e. The third kappa shape index (κ3) is 4.69. The zero-order valence-electron chi connectivity index (χ0n) is 13.5. The van der Waals surface area contributed by atoms with Gasteiger partial charge in [-0.3, -0.25) is 14.5 Å². The molecule has 0 saturated carbocycles. The number of amides is 1. The molecular formula is C15H24N2O5. The minimum atomic E-state index is -0.483. The molecule has 7 nitrogen and oxygen atoms in total. The first-order valence-electron chi connectivity index (χ1n) is 7.69. The van der Waals surface area contributed by atoms with Crippen molar-refractivity contribution >= 4 is 18.0 Å². The van der Waals surface area contributed by atoms with Crippen molar-refractivity contribution in [2.24, 2.45) is 5.92 Å². The molecule has 0 N–H and O–H groups in total. The van der Waals surface area contributed by atoms with Gasteiger partial charge in [0, 0.05) is 26.2 Å². The highest BCUT2D eigenvalue weighted by Gasteiger charge is 2.33. The molecule has 0 bridgehead atoms. The minimum absolute atomic E-state index is 0.191. The fourth-order valence-electron chi connectivity index (χ4n) is 2.56. The van der Waals surface area contributed by atoms with Gasteiger partial charge in [-0.1, -0.05) is 0 Å². The van der Waals surface area contributed by atoms with Crippen LogP contribution in [0, 0.1) is 5.92 Å². The summed E-state index contributed by atoms with van der Waals surface area (Å²) in [7, 11) is 0. The van der Waals surface area contributed by atoms with E-state index >= 15 is 0 Å².